The quantitative estimate of drug-likeness (QED) is 0.380. The molecule has 0 unspecified atom stereocenters. The predicted octanol–water partition coefficient (Wildman–Crippen LogP) is 5.56. The average Bonchev–Trinajstić information content (AvgIpc) is 3.42. The standard InChI is InChI=1S/C22H14N2O3S/c1-26-22(25)14-12-17(18-8-5-11-28-18)23-15-9-10-16-20(19(14)15)27-21(24-16)13-6-3-2-4-7-13/h2-12H,1H3. The zero-order valence-electron chi connectivity index (χ0n) is 14.9. The lowest BCUT2D eigenvalue weighted by atomic mass is 10.1. The van der Waals surface area contributed by atoms with Crippen molar-refractivity contribution < 1.29 is 13.9 Å². The molecule has 0 N–H and O–H groups in total. The summed E-state index contributed by atoms with van der Waals surface area (Å²) in [6.45, 7) is 0. The molecule has 3 heterocycles. The molecule has 5 aromatic rings. The third-order valence-corrected chi connectivity index (χ3v) is 5.42. The van der Waals surface area contributed by atoms with Crippen LogP contribution in [0.15, 0.2) is 70.5 Å². The lowest BCUT2D eigenvalue weighted by Crippen LogP contribution is -2.04. The summed E-state index contributed by atoms with van der Waals surface area (Å²) in [6, 6.07) is 19.1. The first kappa shape index (κ1) is 16.6. The topological polar surface area (TPSA) is 65.2 Å². The van der Waals surface area contributed by atoms with Crippen LogP contribution in [0.25, 0.3) is 44.0 Å². The van der Waals surface area contributed by atoms with E-state index in [9.17, 15) is 4.79 Å². The molecular weight excluding hydrogens is 372 g/mol. The Hall–Kier alpha value is -3.51. The number of carbonyl (C=O) groups is 1. The summed E-state index contributed by atoms with van der Waals surface area (Å²) in [5.41, 5.74) is 3.87. The lowest BCUT2D eigenvalue weighted by Gasteiger charge is -2.07. The Morgan fingerprint density at radius 2 is 1.82 bits per heavy atom. The maximum atomic E-state index is 12.6. The molecule has 2 aromatic carbocycles. The second-order valence-corrected chi connectivity index (χ2v) is 7.16. The van der Waals surface area contributed by atoms with Gasteiger partial charge in [-0.1, -0.05) is 24.3 Å². The van der Waals surface area contributed by atoms with Crippen molar-refractivity contribution >= 4 is 39.3 Å². The third-order valence-electron chi connectivity index (χ3n) is 4.53. The van der Waals surface area contributed by atoms with Crippen LogP contribution in [-0.4, -0.2) is 23.0 Å². The van der Waals surface area contributed by atoms with Crippen LogP contribution in [0.5, 0.6) is 0 Å². The Bertz CT molecular complexity index is 1310. The highest BCUT2D eigenvalue weighted by molar-refractivity contribution is 7.13. The predicted molar refractivity (Wildman–Crippen MR) is 109 cm³/mol. The molecule has 0 radical (unpaired) electrons. The highest BCUT2D eigenvalue weighted by Crippen LogP contribution is 2.34. The first-order chi connectivity index (χ1) is 13.7. The van der Waals surface area contributed by atoms with Gasteiger partial charge in [0.15, 0.2) is 5.58 Å². The van der Waals surface area contributed by atoms with E-state index in [4.69, 9.17) is 14.1 Å². The minimum Gasteiger partial charge on any atom is -0.465 e. The molecule has 0 amide bonds. The fourth-order valence-corrected chi connectivity index (χ4v) is 3.92. The number of aromatic nitrogens is 2. The van der Waals surface area contributed by atoms with Gasteiger partial charge in [0.05, 0.1) is 34.1 Å². The Balaban J connectivity index is 1.82. The van der Waals surface area contributed by atoms with E-state index < -0.39 is 5.97 Å². The summed E-state index contributed by atoms with van der Waals surface area (Å²) in [5.74, 6) is 0.0663. The van der Waals surface area contributed by atoms with Crippen molar-refractivity contribution in [2.75, 3.05) is 7.11 Å². The van der Waals surface area contributed by atoms with Crippen molar-refractivity contribution in [3.8, 4) is 22.0 Å². The van der Waals surface area contributed by atoms with E-state index in [0.717, 1.165) is 16.1 Å². The number of rotatable bonds is 3. The second kappa shape index (κ2) is 6.58. The Kier molecular flexibility index (Phi) is 3.91. The zero-order valence-corrected chi connectivity index (χ0v) is 15.7. The summed E-state index contributed by atoms with van der Waals surface area (Å²) >= 11 is 1.57. The monoisotopic (exact) mass is 386 g/mol. The number of hydrogen-bond acceptors (Lipinski definition) is 6. The van der Waals surface area contributed by atoms with Crippen molar-refractivity contribution in [1.82, 2.24) is 9.97 Å². The largest absolute Gasteiger partial charge is 0.465 e. The number of methoxy groups -OCH3 is 1. The van der Waals surface area contributed by atoms with Crippen LogP contribution in [0.1, 0.15) is 10.4 Å². The molecule has 28 heavy (non-hydrogen) atoms. The summed E-state index contributed by atoms with van der Waals surface area (Å²) in [7, 11) is 1.37. The first-order valence-electron chi connectivity index (χ1n) is 8.66. The van der Waals surface area contributed by atoms with E-state index in [2.05, 4.69) is 4.98 Å². The van der Waals surface area contributed by atoms with E-state index in [1.165, 1.54) is 7.11 Å². The molecule has 5 rings (SSSR count). The smallest absolute Gasteiger partial charge is 0.338 e. The number of nitrogens with zero attached hydrogens (tertiary/aromatic N) is 2. The normalized spacial score (nSPS) is 11.2. The minimum absolute atomic E-state index is 0.414. The Labute approximate surface area is 164 Å². The maximum absolute atomic E-state index is 12.6. The number of benzene rings is 2. The molecule has 0 bridgehead atoms. The lowest BCUT2D eigenvalue weighted by molar-refractivity contribution is 0.0603. The van der Waals surface area contributed by atoms with Crippen LogP contribution in [-0.2, 0) is 4.74 Å². The van der Waals surface area contributed by atoms with Crippen LogP contribution in [0.4, 0.5) is 0 Å². The zero-order chi connectivity index (χ0) is 19.1. The van der Waals surface area contributed by atoms with Gasteiger partial charge in [0, 0.05) is 5.56 Å². The maximum Gasteiger partial charge on any atom is 0.338 e. The van der Waals surface area contributed by atoms with Gasteiger partial charge in [-0.2, -0.15) is 0 Å². The van der Waals surface area contributed by atoms with Gasteiger partial charge in [-0.15, -0.1) is 11.3 Å². The Morgan fingerprint density at radius 3 is 2.57 bits per heavy atom. The number of ether oxygens (including phenoxy) is 1. The number of fused-ring (bicyclic) bond motifs is 3. The van der Waals surface area contributed by atoms with Crippen molar-refractivity contribution in [2.45, 2.75) is 0 Å². The number of hydrogen-bond donors (Lipinski definition) is 0. The van der Waals surface area contributed by atoms with E-state index in [0.29, 0.717) is 33.5 Å². The SMILES string of the molecule is COC(=O)c1cc(-c2cccs2)nc2ccc3nc(-c4ccccc4)oc3c12. The van der Waals surface area contributed by atoms with Gasteiger partial charge in [0.2, 0.25) is 5.89 Å². The fraction of sp³-hybridized carbons (Fsp3) is 0.0455. The highest BCUT2D eigenvalue weighted by Gasteiger charge is 2.20. The molecule has 0 atom stereocenters. The molecule has 0 saturated heterocycles. The van der Waals surface area contributed by atoms with Crippen molar-refractivity contribution in [2.24, 2.45) is 0 Å². The van der Waals surface area contributed by atoms with Gasteiger partial charge < -0.3 is 9.15 Å². The number of pyridine rings is 1. The Morgan fingerprint density at radius 1 is 1.00 bits per heavy atom. The van der Waals surface area contributed by atoms with E-state index in [1.807, 2.05) is 60.0 Å². The molecule has 0 spiro atoms. The van der Waals surface area contributed by atoms with Gasteiger partial charge in [0.1, 0.15) is 5.52 Å². The molecular formula is C22H14N2O3S. The average molecular weight is 386 g/mol. The van der Waals surface area contributed by atoms with Crippen LogP contribution in [0, 0.1) is 0 Å². The van der Waals surface area contributed by atoms with Gasteiger partial charge in [-0.25, -0.2) is 14.8 Å². The highest BCUT2D eigenvalue weighted by atomic mass is 32.1. The van der Waals surface area contributed by atoms with Gasteiger partial charge in [-0.05, 0) is 41.8 Å². The van der Waals surface area contributed by atoms with E-state index >= 15 is 0 Å². The molecule has 136 valence electrons. The molecule has 0 aliphatic heterocycles. The summed E-state index contributed by atoms with van der Waals surface area (Å²) < 4.78 is 11.1. The molecule has 0 aliphatic rings. The second-order valence-electron chi connectivity index (χ2n) is 6.22. The summed E-state index contributed by atoms with van der Waals surface area (Å²) in [5, 5.41) is 2.59. The first-order valence-corrected chi connectivity index (χ1v) is 9.54. The van der Waals surface area contributed by atoms with Crippen LogP contribution in [0.3, 0.4) is 0 Å². The number of esters is 1. The molecule has 0 saturated carbocycles. The van der Waals surface area contributed by atoms with E-state index in [1.54, 1.807) is 17.4 Å². The van der Waals surface area contributed by atoms with E-state index in [-0.39, 0.29) is 0 Å². The van der Waals surface area contributed by atoms with Gasteiger partial charge in [0.25, 0.3) is 0 Å². The number of thiophene rings is 1. The van der Waals surface area contributed by atoms with Crippen molar-refractivity contribution in [3.05, 3.63) is 71.6 Å². The number of oxazole rings is 1. The van der Waals surface area contributed by atoms with Crippen LogP contribution < -0.4 is 0 Å². The fourth-order valence-electron chi connectivity index (χ4n) is 3.23. The van der Waals surface area contributed by atoms with Gasteiger partial charge >= 0.3 is 5.97 Å². The summed E-state index contributed by atoms with van der Waals surface area (Å²) in [6.07, 6.45) is 0. The van der Waals surface area contributed by atoms with Crippen LogP contribution in [0.2, 0.25) is 0 Å². The van der Waals surface area contributed by atoms with Crippen molar-refractivity contribution in [3.63, 3.8) is 0 Å². The molecule has 5 nitrogen and oxygen atoms in total. The molecule has 0 fully saturated rings. The van der Waals surface area contributed by atoms with Crippen LogP contribution >= 0.6 is 11.3 Å². The summed E-state index contributed by atoms with van der Waals surface area (Å²) in [4.78, 5) is 22.9. The van der Waals surface area contributed by atoms with Crippen molar-refractivity contribution in [1.29, 1.82) is 0 Å². The van der Waals surface area contributed by atoms with Gasteiger partial charge in [-0.3, -0.25) is 0 Å². The number of carbonyl (C=O) groups excluding carboxylic acids is 1. The molecule has 3 aromatic heterocycles. The molecule has 0 aliphatic carbocycles. The minimum atomic E-state index is -0.435. The molecule has 6 heteroatoms. The third kappa shape index (κ3) is 2.66.